The lowest BCUT2D eigenvalue weighted by molar-refractivity contribution is -0.384. The lowest BCUT2D eigenvalue weighted by atomic mass is 10.1. The Morgan fingerprint density at radius 2 is 1.82 bits per heavy atom. The SMILES string of the molecule is COC(=O)c1cc(NC(=O)CN2C(=O)S/C(=C\c3ccccc3OCc3ccc([N+](=O)[O-])cc3)C2=O)ccc1Cl. The Hall–Kier alpha value is -4.68. The van der Waals surface area contributed by atoms with Crippen LogP contribution in [0.5, 0.6) is 5.75 Å². The molecule has 3 amide bonds. The van der Waals surface area contributed by atoms with E-state index in [4.69, 9.17) is 16.3 Å². The third-order valence-corrected chi connectivity index (χ3v) is 6.81. The molecule has 1 saturated heterocycles. The minimum Gasteiger partial charge on any atom is -0.488 e. The number of thioether (sulfide) groups is 1. The van der Waals surface area contributed by atoms with E-state index in [0.717, 1.165) is 4.90 Å². The zero-order valence-corrected chi connectivity index (χ0v) is 22.4. The number of carbonyl (C=O) groups excluding carboxylic acids is 4. The number of ether oxygens (including phenoxy) is 2. The number of rotatable bonds is 9. The molecule has 0 atom stereocenters. The number of nitro benzene ring substituents is 1. The van der Waals surface area contributed by atoms with Crippen molar-refractivity contribution in [1.82, 2.24) is 4.90 Å². The first-order valence-corrected chi connectivity index (χ1v) is 12.7. The standard InChI is InChI=1S/C27H20ClN3O8S/c1-38-26(34)20-13-18(8-11-21(20)28)29-24(32)14-30-25(33)23(40-27(30)35)12-17-4-2-3-5-22(17)39-15-16-6-9-19(10-7-16)31(36)37/h2-13H,14-15H2,1H3,(H,29,32)/b23-12-. The van der Waals surface area contributed by atoms with Gasteiger partial charge in [-0.3, -0.25) is 29.4 Å². The fraction of sp³-hybridized carbons (Fsp3) is 0.111. The van der Waals surface area contributed by atoms with Crippen LogP contribution in [0.3, 0.4) is 0 Å². The fourth-order valence-electron chi connectivity index (χ4n) is 3.60. The molecule has 1 N–H and O–H groups in total. The number of halogens is 1. The summed E-state index contributed by atoms with van der Waals surface area (Å²) in [6.45, 7) is -0.427. The molecule has 4 rings (SSSR count). The van der Waals surface area contributed by atoms with Crippen molar-refractivity contribution in [2.75, 3.05) is 19.0 Å². The number of para-hydroxylation sites is 1. The highest BCUT2D eigenvalue weighted by molar-refractivity contribution is 8.18. The summed E-state index contributed by atoms with van der Waals surface area (Å²) in [6.07, 6.45) is 1.50. The highest BCUT2D eigenvalue weighted by Crippen LogP contribution is 2.34. The third-order valence-electron chi connectivity index (χ3n) is 5.58. The quantitative estimate of drug-likeness (QED) is 0.154. The summed E-state index contributed by atoms with van der Waals surface area (Å²) in [4.78, 5) is 61.2. The topological polar surface area (TPSA) is 145 Å². The largest absolute Gasteiger partial charge is 0.488 e. The van der Waals surface area contributed by atoms with Gasteiger partial charge in [0.2, 0.25) is 5.91 Å². The Labute approximate surface area is 236 Å². The first-order chi connectivity index (χ1) is 19.2. The average Bonchev–Trinajstić information content (AvgIpc) is 3.20. The normalized spacial score (nSPS) is 13.8. The van der Waals surface area contributed by atoms with Gasteiger partial charge >= 0.3 is 5.97 Å². The van der Waals surface area contributed by atoms with E-state index in [1.54, 1.807) is 36.4 Å². The van der Waals surface area contributed by atoms with Crippen molar-refractivity contribution in [2.24, 2.45) is 0 Å². The molecule has 0 aromatic heterocycles. The first kappa shape index (κ1) is 28.3. The molecule has 0 unspecified atom stereocenters. The van der Waals surface area contributed by atoms with E-state index in [2.05, 4.69) is 10.1 Å². The van der Waals surface area contributed by atoms with E-state index < -0.39 is 34.5 Å². The van der Waals surface area contributed by atoms with Crippen molar-refractivity contribution in [3.8, 4) is 5.75 Å². The maximum Gasteiger partial charge on any atom is 0.339 e. The summed E-state index contributed by atoms with van der Waals surface area (Å²) in [5, 5.41) is 12.9. The van der Waals surface area contributed by atoms with Crippen LogP contribution in [-0.2, 0) is 20.9 Å². The molecule has 3 aromatic rings. The molecular formula is C27H20ClN3O8S. The van der Waals surface area contributed by atoms with Gasteiger partial charge in [0.25, 0.3) is 16.8 Å². The van der Waals surface area contributed by atoms with Crippen molar-refractivity contribution < 1.29 is 33.6 Å². The second-order valence-electron chi connectivity index (χ2n) is 8.25. The number of anilines is 1. The molecule has 0 radical (unpaired) electrons. The molecule has 0 bridgehead atoms. The molecule has 11 nitrogen and oxygen atoms in total. The fourth-order valence-corrected chi connectivity index (χ4v) is 4.62. The summed E-state index contributed by atoms with van der Waals surface area (Å²) < 4.78 is 10.5. The number of hydrogen-bond donors (Lipinski definition) is 1. The molecule has 0 spiro atoms. The van der Waals surface area contributed by atoms with Gasteiger partial charge in [-0.1, -0.05) is 29.8 Å². The van der Waals surface area contributed by atoms with Gasteiger partial charge in [-0.05, 0) is 59.8 Å². The molecule has 1 fully saturated rings. The number of nitrogens with zero attached hydrogens (tertiary/aromatic N) is 2. The summed E-state index contributed by atoms with van der Waals surface area (Å²) in [5.41, 5.74) is 1.47. The van der Waals surface area contributed by atoms with Gasteiger partial charge in [-0.2, -0.15) is 0 Å². The first-order valence-electron chi connectivity index (χ1n) is 11.5. The monoisotopic (exact) mass is 581 g/mol. The highest BCUT2D eigenvalue weighted by Gasteiger charge is 2.36. The summed E-state index contributed by atoms with van der Waals surface area (Å²) >= 11 is 6.68. The molecular weight excluding hydrogens is 562 g/mol. The Kier molecular flexibility index (Phi) is 8.82. The number of hydrogen-bond acceptors (Lipinski definition) is 9. The summed E-state index contributed by atoms with van der Waals surface area (Å²) in [7, 11) is 1.20. The van der Waals surface area contributed by atoms with Gasteiger partial charge in [0, 0.05) is 23.4 Å². The second-order valence-corrected chi connectivity index (χ2v) is 9.65. The maximum absolute atomic E-state index is 13.0. The van der Waals surface area contributed by atoms with Crippen LogP contribution in [0, 0.1) is 10.1 Å². The average molecular weight is 582 g/mol. The van der Waals surface area contributed by atoms with Crippen molar-refractivity contribution >= 4 is 63.8 Å². The molecule has 1 heterocycles. The Morgan fingerprint density at radius 1 is 1.10 bits per heavy atom. The van der Waals surface area contributed by atoms with Crippen LogP contribution in [-0.4, -0.2) is 46.5 Å². The predicted molar refractivity (Wildman–Crippen MR) is 148 cm³/mol. The minimum absolute atomic E-state index is 0.0346. The smallest absolute Gasteiger partial charge is 0.339 e. The number of nitrogens with one attached hydrogen (secondary N) is 1. The molecule has 0 aliphatic carbocycles. The minimum atomic E-state index is -0.686. The van der Waals surface area contributed by atoms with Gasteiger partial charge in [-0.15, -0.1) is 0 Å². The maximum atomic E-state index is 13.0. The lowest BCUT2D eigenvalue weighted by Crippen LogP contribution is -2.36. The van der Waals surface area contributed by atoms with Crippen LogP contribution in [0.4, 0.5) is 16.2 Å². The van der Waals surface area contributed by atoms with Crippen LogP contribution >= 0.6 is 23.4 Å². The number of imide groups is 1. The number of amides is 3. The van der Waals surface area contributed by atoms with E-state index >= 15 is 0 Å². The summed E-state index contributed by atoms with van der Waals surface area (Å²) in [6, 6.07) is 17.0. The molecule has 1 aliphatic heterocycles. The van der Waals surface area contributed by atoms with Crippen LogP contribution in [0.2, 0.25) is 5.02 Å². The van der Waals surface area contributed by atoms with Gasteiger partial charge in [0.05, 0.1) is 27.5 Å². The zero-order chi connectivity index (χ0) is 28.8. The molecule has 40 heavy (non-hydrogen) atoms. The van der Waals surface area contributed by atoms with Crippen molar-refractivity contribution in [3.63, 3.8) is 0 Å². The molecule has 13 heteroatoms. The lowest BCUT2D eigenvalue weighted by Gasteiger charge is -2.13. The van der Waals surface area contributed by atoms with Gasteiger partial charge in [-0.25, -0.2) is 4.79 Å². The Balaban J connectivity index is 1.43. The number of benzene rings is 3. The third kappa shape index (κ3) is 6.65. The van der Waals surface area contributed by atoms with Crippen LogP contribution < -0.4 is 10.1 Å². The number of non-ortho nitro benzene ring substituents is 1. The van der Waals surface area contributed by atoms with Crippen molar-refractivity contribution in [3.05, 3.63) is 103 Å². The second kappa shape index (κ2) is 12.5. The van der Waals surface area contributed by atoms with Gasteiger partial charge < -0.3 is 14.8 Å². The van der Waals surface area contributed by atoms with Crippen LogP contribution in [0.1, 0.15) is 21.5 Å². The van der Waals surface area contributed by atoms with Gasteiger partial charge in [0.15, 0.2) is 0 Å². The molecule has 0 saturated carbocycles. The number of carbonyl (C=O) groups is 4. The molecule has 3 aromatic carbocycles. The van der Waals surface area contributed by atoms with Crippen LogP contribution in [0.15, 0.2) is 71.6 Å². The Bertz CT molecular complexity index is 1540. The number of methoxy groups -OCH3 is 1. The van der Waals surface area contributed by atoms with Crippen LogP contribution in [0.25, 0.3) is 6.08 Å². The molecule has 1 aliphatic rings. The zero-order valence-electron chi connectivity index (χ0n) is 20.8. The number of esters is 1. The molecule has 204 valence electrons. The van der Waals surface area contributed by atoms with Crippen molar-refractivity contribution in [1.29, 1.82) is 0 Å². The van der Waals surface area contributed by atoms with E-state index in [-0.39, 0.29) is 33.5 Å². The van der Waals surface area contributed by atoms with E-state index in [0.29, 0.717) is 28.6 Å². The van der Waals surface area contributed by atoms with E-state index in [1.165, 1.54) is 43.5 Å². The van der Waals surface area contributed by atoms with Crippen molar-refractivity contribution in [2.45, 2.75) is 6.61 Å². The van der Waals surface area contributed by atoms with Gasteiger partial charge in [0.1, 0.15) is 18.9 Å². The Morgan fingerprint density at radius 3 is 2.52 bits per heavy atom. The van der Waals surface area contributed by atoms with E-state index in [9.17, 15) is 29.3 Å². The summed E-state index contributed by atoms with van der Waals surface area (Å²) in [5.74, 6) is -1.57. The highest BCUT2D eigenvalue weighted by atomic mass is 35.5. The predicted octanol–water partition coefficient (Wildman–Crippen LogP) is 5.29. The number of nitro groups is 1. The van der Waals surface area contributed by atoms with E-state index in [1.807, 2.05) is 0 Å².